The van der Waals surface area contributed by atoms with Crippen molar-refractivity contribution in [3.05, 3.63) is 33.1 Å². The molecule has 0 fully saturated rings. The molecule has 2 heterocycles. The van der Waals surface area contributed by atoms with Gasteiger partial charge in [-0.2, -0.15) is 0 Å². The molecule has 0 aromatic carbocycles. The molecule has 0 bridgehead atoms. The van der Waals surface area contributed by atoms with Crippen molar-refractivity contribution >= 4 is 37.5 Å². The van der Waals surface area contributed by atoms with E-state index < -0.39 is 0 Å². The standard InChI is InChI=1S/C8H6Br2N2/c1-5-2-6(9)8-11-7(10)4-12(8)3-5/h2-4H,1H3. The highest BCUT2D eigenvalue weighted by molar-refractivity contribution is 9.11. The van der Waals surface area contributed by atoms with E-state index in [2.05, 4.69) is 49.8 Å². The first kappa shape index (κ1) is 8.26. The monoisotopic (exact) mass is 288 g/mol. The van der Waals surface area contributed by atoms with Gasteiger partial charge < -0.3 is 4.40 Å². The van der Waals surface area contributed by atoms with Crippen LogP contribution in [0.3, 0.4) is 0 Å². The van der Waals surface area contributed by atoms with Crippen LogP contribution in [0, 0.1) is 6.92 Å². The zero-order valence-electron chi connectivity index (χ0n) is 6.38. The van der Waals surface area contributed by atoms with Crippen molar-refractivity contribution in [2.75, 3.05) is 0 Å². The fraction of sp³-hybridized carbons (Fsp3) is 0.125. The van der Waals surface area contributed by atoms with Gasteiger partial charge >= 0.3 is 0 Å². The number of aryl methyl sites for hydroxylation is 1. The predicted octanol–water partition coefficient (Wildman–Crippen LogP) is 3.17. The molecule has 2 rings (SSSR count). The molecule has 0 aliphatic heterocycles. The number of aromatic nitrogens is 2. The Morgan fingerprint density at radius 3 is 2.83 bits per heavy atom. The van der Waals surface area contributed by atoms with Crippen LogP contribution in [0.1, 0.15) is 5.56 Å². The van der Waals surface area contributed by atoms with Gasteiger partial charge in [0.2, 0.25) is 0 Å². The van der Waals surface area contributed by atoms with E-state index in [0.717, 1.165) is 14.7 Å². The Morgan fingerprint density at radius 1 is 1.33 bits per heavy atom. The van der Waals surface area contributed by atoms with Crippen LogP contribution in [0.4, 0.5) is 0 Å². The zero-order chi connectivity index (χ0) is 8.72. The first-order valence-corrected chi connectivity index (χ1v) is 5.06. The van der Waals surface area contributed by atoms with Gasteiger partial charge in [0.05, 0.1) is 4.47 Å². The number of pyridine rings is 1. The highest BCUT2D eigenvalue weighted by atomic mass is 79.9. The van der Waals surface area contributed by atoms with Crippen molar-refractivity contribution in [1.29, 1.82) is 0 Å². The van der Waals surface area contributed by atoms with Crippen LogP contribution in [0.25, 0.3) is 5.65 Å². The first-order valence-electron chi connectivity index (χ1n) is 3.47. The second-order valence-electron chi connectivity index (χ2n) is 2.66. The average Bonchev–Trinajstić information content (AvgIpc) is 2.29. The number of nitrogens with zero attached hydrogens (tertiary/aromatic N) is 2. The van der Waals surface area contributed by atoms with Crippen molar-refractivity contribution in [1.82, 2.24) is 9.38 Å². The minimum atomic E-state index is 0.855. The van der Waals surface area contributed by atoms with Crippen LogP contribution < -0.4 is 0 Å². The van der Waals surface area contributed by atoms with E-state index in [0.29, 0.717) is 0 Å². The Morgan fingerprint density at radius 2 is 2.08 bits per heavy atom. The number of imidazole rings is 1. The van der Waals surface area contributed by atoms with Crippen LogP contribution in [0.5, 0.6) is 0 Å². The number of halogens is 2. The molecule has 2 aromatic rings. The minimum absolute atomic E-state index is 0.855. The van der Waals surface area contributed by atoms with Gasteiger partial charge in [0.1, 0.15) is 4.60 Å². The number of rotatable bonds is 0. The topological polar surface area (TPSA) is 17.3 Å². The summed E-state index contributed by atoms with van der Waals surface area (Å²) in [6.07, 6.45) is 3.98. The Kier molecular flexibility index (Phi) is 1.96. The molecule has 0 N–H and O–H groups in total. The van der Waals surface area contributed by atoms with E-state index in [1.165, 1.54) is 5.56 Å². The zero-order valence-corrected chi connectivity index (χ0v) is 9.55. The lowest BCUT2D eigenvalue weighted by Crippen LogP contribution is -1.85. The van der Waals surface area contributed by atoms with E-state index in [1.54, 1.807) is 0 Å². The third kappa shape index (κ3) is 1.29. The van der Waals surface area contributed by atoms with E-state index in [4.69, 9.17) is 0 Å². The van der Waals surface area contributed by atoms with Crippen LogP contribution in [-0.4, -0.2) is 9.38 Å². The van der Waals surface area contributed by atoms with Crippen LogP contribution in [-0.2, 0) is 0 Å². The van der Waals surface area contributed by atoms with Gasteiger partial charge in [-0.1, -0.05) is 0 Å². The number of hydrogen-bond acceptors (Lipinski definition) is 1. The Labute approximate surface area is 86.9 Å². The molecule has 62 valence electrons. The van der Waals surface area contributed by atoms with Crippen LogP contribution in [0.15, 0.2) is 27.5 Å². The fourth-order valence-electron chi connectivity index (χ4n) is 1.16. The van der Waals surface area contributed by atoms with E-state index in [9.17, 15) is 0 Å². The van der Waals surface area contributed by atoms with Crippen molar-refractivity contribution in [3.63, 3.8) is 0 Å². The summed E-state index contributed by atoms with van der Waals surface area (Å²) in [4.78, 5) is 4.29. The Balaban J connectivity index is 2.88. The number of fused-ring (bicyclic) bond motifs is 1. The summed E-state index contributed by atoms with van der Waals surface area (Å²) in [5.74, 6) is 0. The minimum Gasteiger partial charge on any atom is -0.305 e. The summed E-state index contributed by atoms with van der Waals surface area (Å²) < 4.78 is 3.87. The summed E-state index contributed by atoms with van der Waals surface area (Å²) in [5, 5.41) is 0. The molecule has 0 unspecified atom stereocenters. The molecule has 0 atom stereocenters. The van der Waals surface area contributed by atoms with Crippen LogP contribution in [0.2, 0.25) is 0 Å². The van der Waals surface area contributed by atoms with Crippen molar-refractivity contribution in [2.24, 2.45) is 0 Å². The molecule has 0 saturated carbocycles. The summed E-state index contributed by atoms with van der Waals surface area (Å²) >= 11 is 6.79. The molecule has 12 heavy (non-hydrogen) atoms. The molecule has 0 radical (unpaired) electrons. The third-order valence-corrected chi connectivity index (χ3v) is 2.58. The third-order valence-electron chi connectivity index (χ3n) is 1.61. The van der Waals surface area contributed by atoms with Crippen molar-refractivity contribution in [3.8, 4) is 0 Å². The largest absolute Gasteiger partial charge is 0.305 e. The lowest BCUT2D eigenvalue weighted by atomic mass is 10.3. The molecule has 0 aliphatic carbocycles. The van der Waals surface area contributed by atoms with Gasteiger partial charge in [-0.05, 0) is 50.4 Å². The van der Waals surface area contributed by atoms with E-state index >= 15 is 0 Å². The van der Waals surface area contributed by atoms with E-state index in [-0.39, 0.29) is 0 Å². The SMILES string of the molecule is Cc1cc(Br)c2nc(Br)cn2c1. The normalized spacial score (nSPS) is 10.9. The summed E-state index contributed by atoms with van der Waals surface area (Å²) in [6, 6.07) is 2.05. The van der Waals surface area contributed by atoms with Gasteiger partial charge in [0.25, 0.3) is 0 Å². The van der Waals surface area contributed by atoms with Gasteiger partial charge in [0.15, 0.2) is 5.65 Å². The van der Waals surface area contributed by atoms with Gasteiger partial charge in [-0.25, -0.2) is 4.98 Å². The molecule has 0 aliphatic rings. The maximum atomic E-state index is 4.29. The molecule has 0 amide bonds. The maximum absolute atomic E-state index is 4.29. The molecule has 0 saturated heterocycles. The Hall–Kier alpha value is -0.350. The quantitative estimate of drug-likeness (QED) is 0.728. The fourth-order valence-corrected chi connectivity index (χ4v) is 2.20. The highest BCUT2D eigenvalue weighted by Gasteiger charge is 2.02. The predicted molar refractivity (Wildman–Crippen MR) is 55.3 cm³/mol. The molecular weight excluding hydrogens is 284 g/mol. The maximum Gasteiger partial charge on any atom is 0.152 e. The lowest BCUT2D eigenvalue weighted by molar-refractivity contribution is 1.15. The van der Waals surface area contributed by atoms with E-state index in [1.807, 2.05) is 16.8 Å². The average molecular weight is 290 g/mol. The second kappa shape index (κ2) is 2.85. The highest BCUT2D eigenvalue weighted by Crippen LogP contribution is 2.20. The number of hydrogen-bond donors (Lipinski definition) is 0. The van der Waals surface area contributed by atoms with Crippen molar-refractivity contribution < 1.29 is 0 Å². The lowest BCUT2D eigenvalue weighted by Gasteiger charge is -1.97. The van der Waals surface area contributed by atoms with Gasteiger partial charge in [0, 0.05) is 12.4 Å². The summed E-state index contributed by atoms with van der Waals surface area (Å²) in [5.41, 5.74) is 2.15. The Bertz CT molecular complexity index is 434. The first-order chi connectivity index (χ1) is 5.66. The van der Waals surface area contributed by atoms with Crippen molar-refractivity contribution in [2.45, 2.75) is 6.92 Å². The summed E-state index contributed by atoms with van der Waals surface area (Å²) in [6.45, 7) is 2.05. The molecule has 2 nitrogen and oxygen atoms in total. The molecule has 2 aromatic heterocycles. The molecular formula is C8H6Br2N2. The smallest absolute Gasteiger partial charge is 0.152 e. The summed E-state index contributed by atoms with van der Waals surface area (Å²) in [7, 11) is 0. The molecule has 4 heteroatoms. The molecule has 0 spiro atoms. The van der Waals surface area contributed by atoms with Crippen LogP contribution >= 0.6 is 31.9 Å². The van der Waals surface area contributed by atoms with Gasteiger partial charge in [-0.15, -0.1) is 0 Å². The van der Waals surface area contributed by atoms with Gasteiger partial charge in [-0.3, -0.25) is 0 Å². The second-order valence-corrected chi connectivity index (χ2v) is 4.33.